The zero-order valence-corrected chi connectivity index (χ0v) is 23.5. The minimum Gasteiger partial charge on any atom is -0.405 e. The zero-order chi connectivity index (χ0) is 29.5. The van der Waals surface area contributed by atoms with Crippen LogP contribution in [0, 0.1) is 17.7 Å². The van der Waals surface area contributed by atoms with Gasteiger partial charge in [0.05, 0.1) is 12.3 Å². The van der Waals surface area contributed by atoms with Gasteiger partial charge in [0, 0.05) is 37.8 Å². The van der Waals surface area contributed by atoms with E-state index in [-0.39, 0.29) is 48.2 Å². The molecule has 0 radical (unpaired) electrons. The summed E-state index contributed by atoms with van der Waals surface area (Å²) in [6.45, 7) is 7.21. The van der Waals surface area contributed by atoms with Gasteiger partial charge in [0.15, 0.2) is 11.6 Å². The predicted octanol–water partition coefficient (Wildman–Crippen LogP) is 5.48. The minimum atomic E-state index is -4.81. The molecule has 226 valence electrons. The van der Waals surface area contributed by atoms with Crippen LogP contribution >= 0.6 is 0 Å². The lowest BCUT2D eigenvalue weighted by molar-refractivity contribution is -0.274. The SMILES string of the molecule is CCCC(CC[C@H](C)NCC(O)CCO)C[C@H](C)CNc1nc(NCc2ccccc2OC(F)(F)F)ncc1F. The number of nitrogens with one attached hydrogen (secondary N) is 3. The molecule has 0 fully saturated rings. The van der Waals surface area contributed by atoms with Crippen molar-refractivity contribution in [2.45, 2.75) is 84.3 Å². The molecule has 8 nitrogen and oxygen atoms in total. The van der Waals surface area contributed by atoms with Gasteiger partial charge >= 0.3 is 6.36 Å². The average Bonchev–Trinajstić information content (AvgIpc) is 2.89. The third-order valence-corrected chi connectivity index (χ3v) is 6.60. The lowest BCUT2D eigenvalue weighted by Gasteiger charge is -2.23. The number of para-hydroxylation sites is 1. The van der Waals surface area contributed by atoms with E-state index < -0.39 is 18.3 Å². The molecule has 0 amide bonds. The summed E-state index contributed by atoms with van der Waals surface area (Å²) in [4.78, 5) is 8.07. The number of aliphatic hydroxyl groups excluding tert-OH is 2. The van der Waals surface area contributed by atoms with Gasteiger partial charge < -0.3 is 30.9 Å². The number of aromatic nitrogens is 2. The van der Waals surface area contributed by atoms with Gasteiger partial charge in [-0.1, -0.05) is 44.9 Å². The normalized spacial score (nSPS) is 14.8. The van der Waals surface area contributed by atoms with Gasteiger partial charge in [-0.3, -0.25) is 0 Å². The number of alkyl halides is 3. The Kier molecular flexibility index (Phi) is 14.4. The Balaban J connectivity index is 1.87. The lowest BCUT2D eigenvalue weighted by Crippen LogP contribution is -2.34. The maximum Gasteiger partial charge on any atom is 0.573 e. The van der Waals surface area contributed by atoms with E-state index in [0.717, 1.165) is 38.3 Å². The van der Waals surface area contributed by atoms with E-state index >= 15 is 0 Å². The third-order valence-electron chi connectivity index (χ3n) is 6.60. The van der Waals surface area contributed by atoms with Crippen LogP contribution < -0.4 is 20.7 Å². The highest BCUT2D eigenvalue weighted by Crippen LogP contribution is 2.27. The van der Waals surface area contributed by atoms with Gasteiger partial charge in [0.25, 0.3) is 0 Å². The fourth-order valence-corrected chi connectivity index (χ4v) is 4.51. The van der Waals surface area contributed by atoms with Crippen molar-refractivity contribution < 1.29 is 32.5 Å². The summed E-state index contributed by atoms with van der Waals surface area (Å²) >= 11 is 0. The Labute approximate surface area is 234 Å². The molecule has 0 bridgehead atoms. The number of rotatable bonds is 19. The van der Waals surface area contributed by atoms with Crippen molar-refractivity contribution in [2.24, 2.45) is 11.8 Å². The summed E-state index contributed by atoms with van der Waals surface area (Å²) in [6.07, 6.45) is 1.10. The molecule has 1 heterocycles. The number of halogens is 4. The van der Waals surface area contributed by atoms with Gasteiger partial charge in [-0.2, -0.15) is 4.98 Å². The summed E-state index contributed by atoms with van der Waals surface area (Å²) in [5.41, 5.74) is 0.253. The van der Waals surface area contributed by atoms with Gasteiger partial charge in [-0.15, -0.1) is 13.2 Å². The van der Waals surface area contributed by atoms with Crippen molar-refractivity contribution in [1.29, 1.82) is 0 Å². The second kappa shape index (κ2) is 17.2. The van der Waals surface area contributed by atoms with Crippen molar-refractivity contribution in [2.75, 3.05) is 30.3 Å². The third kappa shape index (κ3) is 13.1. The Hall–Kier alpha value is -2.70. The number of hydrogen-bond acceptors (Lipinski definition) is 8. The molecule has 0 spiro atoms. The van der Waals surface area contributed by atoms with E-state index in [1.54, 1.807) is 6.07 Å². The molecule has 12 heteroatoms. The molecular weight excluding hydrogens is 530 g/mol. The van der Waals surface area contributed by atoms with E-state index in [4.69, 9.17) is 5.11 Å². The molecule has 2 rings (SSSR count). The van der Waals surface area contributed by atoms with Crippen LogP contribution in [0.25, 0.3) is 0 Å². The molecule has 0 aliphatic carbocycles. The summed E-state index contributed by atoms with van der Waals surface area (Å²) in [6, 6.07) is 5.98. The molecule has 5 N–H and O–H groups in total. The first kappa shape index (κ1) is 33.5. The Morgan fingerprint density at radius 1 is 1.02 bits per heavy atom. The van der Waals surface area contributed by atoms with Crippen LogP contribution in [-0.2, 0) is 6.54 Å². The van der Waals surface area contributed by atoms with Crippen LogP contribution in [0.3, 0.4) is 0 Å². The molecule has 2 aromatic rings. The molecule has 0 saturated heterocycles. The number of aliphatic hydroxyl groups is 2. The molecule has 0 aliphatic rings. The number of benzene rings is 1. The van der Waals surface area contributed by atoms with E-state index in [2.05, 4.69) is 51.4 Å². The zero-order valence-electron chi connectivity index (χ0n) is 23.5. The van der Waals surface area contributed by atoms with Crippen LogP contribution in [0.1, 0.15) is 64.9 Å². The highest BCUT2D eigenvalue weighted by molar-refractivity contribution is 5.42. The number of nitrogens with zero attached hydrogens (tertiary/aromatic N) is 2. The highest BCUT2D eigenvalue weighted by Gasteiger charge is 2.32. The van der Waals surface area contributed by atoms with Gasteiger partial charge in [0.1, 0.15) is 5.75 Å². The van der Waals surface area contributed by atoms with Crippen molar-refractivity contribution in [3.05, 3.63) is 41.8 Å². The Morgan fingerprint density at radius 3 is 2.48 bits per heavy atom. The van der Waals surface area contributed by atoms with Crippen molar-refractivity contribution in [3.8, 4) is 5.75 Å². The second-order valence-electron chi connectivity index (χ2n) is 10.3. The van der Waals surface area contributed by atoms with Crippen LogP contribution in [-0.4, -0.2) is 58.4 Å². The van der Waals surface area contributed by atoms with E-state index in [1.165, 1.54) is 18.2 Å². The quantitative estimate of drug-likeness (QED) is 0.141. The smallest absolute Gasteiger partial charge is 0.405 e. The molecule has 4 atom stereocenters. The monoisotopic (exact) mass is 573 g/mol. The molecular formula is C28H43F4N5O3. The molecule has 0 aliphatic heterocycles. The Morgan fingerprint density at radius 2 is 1.77 bits per heavy atom. The summed E-state index contributed by atoms with van der Waals surface area (Å²) < 4.78 is 56.5. The van der Waals surface area contributed by atoms with E-state index in [1.807, 2.05) is 0 Å². The lowest BCUT2D eigenvalue weighted by atomic mass is 9.87. The van der Waals surface area contributed by atoms with Gasteiger partial charge in [0.2, 0.25) is 5.95 Å². The Bertz CT molecular complexity index is 999. The molecule has 40 heavy (non-hydrogen) atoms. The number of hydrogen-bond donors (Lipinski definition) is 5. The maximum absolute atomic E-state index is 14.4. The molecule has 0 saturated carbocycles. The van der Waals surface area contributed by atoms with Crippen LogP contribution in [0.15, 0.2) is 30.5 Å². The van der Waals surface area contributed by atoms with E-state index in [9.17, 15) is 22.7 Å². The molecule has 1 aromatic heterocycles. The summed E-state index contributed by atoms with van der Waals surface area (Å²) in [5.74, 6) is -0.110. The van der Waals surface area contributed by atoms with E-state index in [0.29, 0.717) is 25.4 Å². The largest absolute Gasteiger partial charge is 0.573 e. The first-order chi connectivity index (χ1) is 19.0. The first-order valence-corrected chi connectivity index (χ1v) is 13.9. The highest BCUT2D eigenvalue weighted by atomic mass is 19.4. The maximum atomic E-state index is 14.4. The number of ether oxygens (including phenoxy) is 1. The van der Waals surface area contributed by atoms with Crippen molar-refractivity contribution in [1.82, 2.24) is 15.3 Å². The average molecular weight is 574 g/mol. The second-order valence-corrected chi connectivity index (χ2v) is 10.3. The number of anilines is 2. The standard InChI is InChI=1S/C28H43F4N5O3/c1-4-7-21(11-10-20(3)33-17-23(39)12-13-38)14-19(2)15-34-26-24(29)18-36-27(37-26)35-16-22-8-5-6-9-25(22)40-28(30,31)32/h5-6,8-9,18-21,23,33,38-39H,4,7,10-17H2,1-3H3,(H2,34,35,36,37)/t19-,20-,21?,23?/m0/s1. The van der Waals surface area contributed by atoms with Gasteiger partial charge in [-0.25, -0.2) is 9.37 Å². The van der Waals surface area contributed by atoms with Crippen LogP contribution in [0.5, 0.6) is 5.75 Å². The molecule has 1 aromatic carbocycles. The van der Waals surface area contributed by atoms with Crippen LogP contribution in [0.2, 0.25) is 0 Å². The topological polar surface area (TPSA) is 112 Å². The van der Waals surface area contributed by atoms with Crippen molar-refractivity contribution in [3.63, 3.8) is 0 Å². The summed E-state index contributed by atoms with van der Waals surface area (Å²) in [5, 5.41) is 27.9. The van der Waals surface area contributed by atoms with Crippen LogP contribution in [0.4, 0.5) is 29.3 Å². The molecule has 2 unspecified atom stereocenters. The fraction of sp³-hybridized carbons (Fsp3) is 0.643. The minimum absolute atomic E-state index is 0.0236. The fourth-order valence-electron chi connectivity index (χ4n) is 4.51. The van der Waals surface area contributed by atoms with Gasteiger partial charge in [-0.05, 0) is 50.5 Å². The predicted molar refractivity (Wildman–Crippen MR) is 148 cm³/mol. The first-order valence-electron chi connectivity index (χ1n) is 13.9. The summed E-state index contributed by atoms with van der Waals surface area (Å²) in [7, 11) is 0. The van der Waals surface area contributed by atoms with Crippen molar-refractivity contribution >= 4 is 11.8 Å².